The number of aromatic carboxylic acids is 1. The lowest BCUT2D eigenvalue weighted by Crippen LogP contribution is -2.22. The van der Waals surface area contributed by atoms with E-state index in [9.17, 15) is 9.90 Å². The molecular weight excluding hydrogens is 240 g/mol. The highest BCUT2D eigenvalue weighted by molar-refractivity contribution is 5.95. The van der Waals surface area contributed by atoms with E-state index in [1.807, 2.05) is 52.0 Å². The van der Waals surface area contributed by atoms with E-state index < -0.39 is 5.97 Å². The van der Waals surface area contributed by atoms with Crippen molar-refractivity contribution < 1.29 is 9.90 Å². The van der Waals surface area contributed by atoms with E-state index in [2.05, 4.69) is 5.10 Å². The van der Waals surface area contributed by atoms with Gasteiger partial charge in [0.2, 0.25) is 0 Å². The molecule has 0 aliphatic carbocycles. The summed E-state index contributed by atoms with van der Waals surface area (Å²) in [4.78, 5) is 11.4. The molecule has 0 radical (unpaired) electrons. The summed E-state index contributed by atoms with van der Waals surface area (Å²) in [7, 11) is 0. The first-order valence-corrected chi connectivity index (χ1v) is 6.20. The molecule has 0 unspecified atom stereocenters. The smallest absolute Gasteiger partial charge is 0.339 e. The summed E-state index contributed by atoms with van der Waals surface area (Å²) >= 11 is 0. The molecule has 1 aromatic carbocycles. The zero-order valence-electron chi connectivity index (χ0n) is 11.6. The minimum atomic E-state index is -0.950. The molecule has 4 heteroatoms. The maximum atomic E-state index is 11.4. The summed E-state index contributed by atoms with van der Waals surface area (Å²) in [6.07, 6.45) is 1.60. The summed E-state index contributed by atoms with van der Waals surface area (Å²) in [6, 6.07) is 7.68. The number of aryl methyl sites for hydroxylation is 1. The van der Waals surface area contributed by atoms with Crippen molar-refractivity contribution in [3.8, 4) is 11.3 Å². The molecule has 0 aliphatic heterocycles. The van der Waals surface area contributed by atoms with Gasteiger partial charge in [-0.25, -0.2) is 4.79 Å². The Kier molecular flexibility index (Phi) is 3.18. The number of benzene rings is 1. The van der Waals surface area contributed by atoms with Gasteiger partial charge in [-0.2, -0.15) is 5.10 Å². The van der Waals surface area contributed by atoms with Crippen LogP contribution >= 0.6 is 0 Å². The molecule has 1 N–H and O–H groups in total. The molecule has 4 nitrogen and oxygen atoms in total. The van der Waals surface area contributed by atoms with Crippen molar-refractivity contribution in [3.63, 3.8) is 0 Å². The summed E-state index contributed by atoms with van der Waals surface area (Å²) < 4.78 is 1.71. The Bertz CT molecular complexity index is 621. The third kappa shape index (κ3) is 2.52. The molecule has 0 fully saturated rings. The highest BCUT2D eigenvalue weighted by atomic mass is 16.4. The molecule has 0 aliphatic rings. The van der Waals surface area contributed by atoms with Gasteiger partial charge in [0.05, 0.1) is 5.54 Å². The Labute approximate surface area is 112 Å². The van der Waals surface area contributed by atoms with Crippen molar-refractivity contribution >= 4 is 5.97 Å². The van der Waals surface area contributed by atoms with Gasteiger partial charge in [0.1, 0.15) is 11.3 Å². The second kappa shape index (κ2) is 4.53. The van der Waals surface area contributed by atoms with Crippen molar-refractivity contribution in [1.29, 1.82) is 0 Å². The molecule has 0 spiro atoms. The summed E-state index contributed by atoms with van der Waals surface area (Å²) in [5, 5.41) is 13.8. The van der Waals surface area contributed by atoms with Crippen molar-refractivity contribution in [2.75, 3.05) is 0 Å². The topological polar surface area (TPSA) is 55.1 Å². The van der Waals surface area contributed by atoms with E-state index in [1.54, 1.807) is 10.9 Å². The Balaban J connectivity index is 2.66. The highest BCUT2D eigenvalue weighted by Crippen LogP contribution is 2.27. The normalized spacial score (nSPS) is 11.6. The molecular formula is C15H18N2O2. The number of rotatable bonds is 2. The average Bonchev–Trinajstić information content (AvgIpc) is 2.74. The molecule has 19 heavy (non-hydrogen) atoms. The van der Waals surface area contributed by atoms with Crippen LogP contribution in [0.4, 0.5) is 0 Å². The summed E-state index contributed by atoms with van der Waals surface area (Å²) in [6.45, 7) is 7.94. The molecule has 0 saturated heterocycles. The number of hydrogen-bond acceptors (Lipinski definition) is 2. The van der Waals surface area contributed by atoms with Crippen LogP contribution in [0, 0.1) is 6.92 Å². The van der Waals surface area contributed by atoms with E-state index in [4.69, 9.17) is 0 Å². The Morgan fingerprint density at radius 3 is 2.42 bits per heavy atom. The van der Waals surface area contributed by atoms with Crippen LogP contribution in [0.25, 0.3) is 11.3 Å². The number of hydrogen-bond donors (Lipinski definition) is 1. The first kappa shape index (κ1) is 13.3. The Morgan fingerprint density at radius 1 is 1.26 bits per heavy atom. The molecule has 2 rings (SSSR count). The van der Waals surface area contributed by atoms with Crippen molar-refractivity contribution in [3.05, 3.63) is 41.6 Å². The van der Waals surface area contributed by atoms with Crippen LogP contribution in [0.3, 0.4) is 0 Å². The molecule has 100 valence electrons. The molecule has 0 amide bonds. The monoisotopic (exact) mass is 258 g/mol. The van der Waals surface area contributed by atoms with Crippen LogP contribution in [-0.4, -0.2) is 20.9 Å². The van der Waals surface area contributed by atoms with E-state index in [0.29, 0.717) is 5.69 Å². The van der Waals surface area contributed by atoms with Crippen LogP contribution in [0.5, 0.6) is 0 Å². The lowest BCUT2D eigenvalue weighted by atomic mass is 10.0. The number of nitrogens with zero attached hydrogens (tertiary/aromatic N) is 2. The fraction of sp³-hybridized carbons (Fsp3) is 0.333. The van der Waals surface area contributed by atoms with Crippen molar-refractivity contribution in [1.82, 2.24) is 9.78 Å². The van der Waals surface area contributed by atoms with E-state index in [-0.39, 0.29) is 11.1 Å². The van der Waals surface area contributed by atoms with Gasteiger partial charge in [-0.3, -0.25) is 4.68 Å². The fourth-order valence-corrected chi connectivity index (χ4v) is 1.91. The Morgan fingerprint density at radius 2 is 1.89 bits per heavy atom. The van der Waals surface area contributed by atoms with E-state index >= 15 is 0 Å². The van der Waals surface area contributed by atoms with Crippen LogP contribution in [0.1, 0.15) is 36.7 Å². The number of aromatic nitrogens is 2. The van der Waals surface area contributed by atoms with Gasteiger partial charge in [-0.15, -0.1) is 0 Å². The van der Waals surface area contributed by atoms with Gasteiger partial charge in [0.15, 0.2) is 0 Å². The fourth-order valence-electron chi connectivity index (χ4n) is 1.91. The van der Waals surface area contributed by atoms with E-state index in [0.717, 1.165) is 11.1 Å². The van der Waals surface area contributed by atoms with Crippen LogP contribution in [-0.2, 0) is 5.54 Å². The maximum absolute atomic E-state index is 11.4. The quantitative estimate of drug-likeness (QED) is 0.899. The summed E-state index contributed by atoms with van der Waals surface area (Å²) in [5.41, 5.74) is 2.40. The van der Waals surface area contributed by atoms with Gasteiger partial charge in [-0.05, 0) is 33.3 Å². The van der Waals surface area contributed by atoms with Gasteiger partial charge >= 0.3 is 5.97 Å². The molecule has 0 bridgehead atoms. The second-order valence-electron chi connectivity index (χ2n) is 5.63. The van der Waals surface area contributed by atoms with Gasteiger partial charge in [-0.1, -0.05) is 24.3 Å². The minimum absolute atomic E-state index is 0.240. The molecule has 0 saturated carbocycles. The molecule has 0 atom stereocenters. The van der Waals surface area contributed by atoms with Gasteiger partial charge in [0, 0.05) is 11.8 Å². The highest BCUT2D eigenvalue weighted by Gasteiger charge is 2.22. The largest absolute Gasteiger partial charge is 0.478 e. The number of carboxylic acids is 1. The lowest BCUT2D eigenvalue weighted by Gasteiger charge is -2.18. The van der Waals surface area contributed by atoms with Gasteiger partial charge < -0.3 is 5.11 Å². The standard InChI is InChI=1S/C15H18N2O2/c1-10-7-5-6-8-11(10)13-12(14(18)19)9-17(16-13)15(2,3)4/h5-9H,1-4H3,(H,18,19). The van der Waals surface area contributed by atoms with Crippen LogP contribution < -0.4 is 0 Å². The maximum Gasteiger partial charge on any atom is 0.339 e. The predicted octanol–water partition coefficient (Wildman–Crippen LogP) is 3.31. The lowest BCUT2D eigenvalue weighted by molar-refractivity contribution is 0.0697. The summed E-state index contributed by atoms with van der Waals surface area (Å²) in [5.74, 6) is -0.950. The SMILES string of the molecule is Cc1ccccc1-c1nn(C(C)(C)C)cc1C(=O)O. The van der Waals surface area contributed by atoms with Crippen molar-refractivity contribution in [2.45, 2.75) is 33.2 Å². The van der Waals surface area contributed by atoms with Crippen LogP contribution in [0.2, 0.25) is 0 Å². The zero-order valence-corrected chi connectivity index (χ0v) is 11.6. The Hall–Kier alpha value is -2.10. The molecule has 2 aromatic rings. The minimum Gasteiger partial charge on any atom is -0.478 e. The van der Waals surface area contributed by atoms with E-state index in [1.165, 1.54) is 0 Å². The van der Waals surface area contributed by atoms with Crippen LogP contribution in [0.15, 0.2) is 30.5 Å². The van der Waals surface area contributed by atoms with Crippen molar-refractivity contribution in [2.24, 2.45) is 0 Å². The first-order chi connectivity index (χ1) is 8.80. The third-order valence-corrected chi connectivity index (χ3v) is 3.03. The average molecular weight is 258 g/mol. The molecule has 1 heterocycles. The number of carbonyl (C=O) groups is 1. The second-order valence-corrected chi connectivity index (χ2v) is 5.63. The van der Waals surface area contributed by atoms with Gasteiger partial charge in [0.25, 0.3) is 0 Å². The zero-order chi connectivity index (χ0) is 14.2. The molecule has 1 aromatic heterocycles. The first-order valence-electron chi connectivity index (χ1n) is 6.20. The number of carboxylic acid groups (broad SMARTS) is 1. The predicted molar refractivity (Wildman–Crippen MR) is 74.4 cm³/mol. The third-order valence-electron chi connectivity index (χ3n) is 3.03.